The van der Waals surface area contributed by atoms with Crippen LogP contribution in [-0.2, 0) is 11.2 Å². The third kappa shape index (κ3) is 5.03. The number of likely N-dealkylation sites (N-methyl/N-ethyl adjacent to an activating group) is 1. The van der Waals surface area contributed by atoms with Gasteiger partial charge in [-0.05, 0) is 50.4 Å². The van der Waals surface area contributed by atoms with Crippen LogP contribution in [0.4, 0.5) is 0 Å². The van der Waals surface area contributed by atoms with Crippen LogP contribution in [0.25, 0.3) is 0 Å². The van der Waals surface area contributed by atoms with Crippen LogP contribution in [0.2, 0.25) is 0 Å². The molecule has 1 aromatic carbocycles. The molecule has 138 valence electrons. The molecule has 2 saturated heterocycles. The van der Waals surface area contributed by atoms with E-state index in [4.69, 9.17) is 4.74 Å². The van der Waals surface area contributed by atoms with Crippen LogP contribution in [0.15, 0.2) is 24.3 Å². The highest BCUT2D eigenvalue weighted by Crippen LogP contribution is 2.22. The van der Waals surface area contributed by atoms with Gasteiger partial charge in [0, 0.05) is 38.3 Å². The third-order valence-electron chi connectivity index (χ3n) is 5.41. The average molecular weight is 345 g/mol. The SMILES string of the molecule is CNCCc1ccccc1C(=O)N1CCC(CN2CCOCC2)CC1. The predicted molar refractivity (Wildman–Crippen MR) is 100.0 cm³/mol. The first kappa shape index (κ1) is 18.4. The number of likely N-dealkylation sites (tertiary alicyclic amines) is 1. The van der Waals surface area contributed by atoms with Crippen LogP contribution in [0, 0.1) is 5.92 Å². The van der Waals surface area contributed by atoms with Crippen molar-refractivity contribution in [2.45, 2.75) is 19.3 Å². The van der Waals surface area contributed by atoms with Crippen molar-refractivity contribution in [3.05, 3.63) is 35.4 Å². The zero-order valence-corrected chi connectivity index (χ0v) is 15.4. The largest absolute Gasteiger partial charge is 0.379 e. The van der Waals surface area contributed by atoms with Gasteiger partial charge in [0.25, 0.3) is 5.91 Å². The van der Waals surface area contributed by atoms with Gasteiger partial charge in [-0.25, -0.2) is 0 Å². The van der Waals surface area contributed by atoms with E-state index >= 15 is 0 Å². The monoisotopic (exact) mass is 345 g/mol. The summed E-state index contributed by atoms with van der Waals surface area (Å²) >= 11 is 0. The molecular weight excluding hydrogens is 314 g/mol. The zero-order chi connectivity index (χ0) is 17.5. The smallest absolute Gasteiger partial charge is 0.254 e. The fourth-order valence-corrected chi connectivity index (χ4v) is 3.84. The minimum Gasteiger partial charge on any atom is -0.379 e. The van der Waals surface area contributed by atoms with Crippen molar-refractivity contribution in [2.24, 2.45) is 5.92 Å². The number of carbonyl (C=O) groups is 1. The van der Waals surface area contributed by atoms with Crippen LogP contribution in [-0.4, -0.2) is 75.2 Å². The van der Waals surface area contributed by atoms with Gasteiger partial charge < -0.3 is 15.0 Å². The first-order chi connectivity index (χ1) is 12.3. The number of carbonyl (C=O) groups excluding carboxylic acids is 1. The van der Waals surface area contributed by atoms with Gasteiger partial charge in [0.05, 0.1) is 13.2 Å². The quantitative estimate of drug-likeness (QED) is 0.851. The Hall–Kier alpha value is -1.43. The molecule has 0 atom stereocenters. The molecule has 2 aliphatic heterocycles. The maximum absolute atomic E-state index is 13.0. The zero-order valence-electron chi connectivity index (χ0n) is 15.4. The number of rotatable bonds is 6. The number of amides is 1. The lowest BCUT2D eigenvalue weighted by molar-refractivity contribution is 0.0243. The van der Waals surface area contributed by atoms with Gasteiger partial charge in [-0.2, -0.15) is 0 Å². The summed E-state index contributed by atoms with van der Waals surface area (Å²) in [5.74, 6) is 0.915. The Bertz CT molecular complexity index is 550. The Morgan fingerprint density at radius 2 is 1.88 bits per heavy atom. The molecule has 1 N–H and O–H groups in total. The van der Waals surface area contributed by atoms with Crippen molar-refractivity contribution in [3.63, 3.8) is 0 Å². The van der Waals surface area contributed by atoms with Crippen molar-refractivity contribution < 1.29 is 9.53 Å². The number of ether oxygens (including phenoxy) is 1. The lowest BCUT2D eigenvalue weighted by atomic mass is 9.94. The molecule has 0 saturated carbocycles. The van der Waals surface area contributed by atoms with Crippen LogP contribution in [0.3, 0.4) is 0 Å². The summed E-state index contributed by atoms with van der Waals surface area (Å²) in [7, 11) is 1.95. The number of piperidine rings is 1. The first-order valence-electron chi connectivity index (χ1n) is 9.60. The van der Waals surface area contributed by atoms with Crippen molar-refractivity contribution in [2.75, 3.05) is 59.5 Å². The highest BCUT2D eigenvalue weighted by molar-refractivity contribution is 5.95. The molecule has 0 aliphatic carbocycles. The molecule has 25 heavy (non-hydrogen) atoms. The molecule has 5 nitrogen and oxygen atoms in total. The maximum atomic E-state index is 13.0. The van der Waals surface area contributed by atoms with E-state index in [9.17, 15) is 4.79 Å². The average Bonchev–Trinajstić information content (AvgIpc) is 2.67. The van der Waals surface area contributed by atoms with Crippen LogP contribution >= 0.6 is 0 Å². The minimum atomic E-state index is 0.205. The summed E-state index contributed by atoms with van der Waals surface area (Å²) in [4.78, 5) is 17.5. The van der Waals surface area contributed by atoms with Gasteiger partial charge in [-0.3, -0.25) is 9.69 Å². The summed E-state index contributed by atoms with van der Waals surface area (Å²) in [5.41, 5.74) is 2.03. The second-order valence-corrected chi connectivity index (χ2v) is 7.16. The van der Waals surface area contributed by atoms with E-state index in [1.807, 2.05) is 30.1 Å². The predicted octanol–water partition coefficient (Wildman–Crippen LogP) is 1.63. The Morgan fingerprint density at radius 1 is 1.16 bits per heavy atom. The van der Waals surface area contributed by atoms with E-state index in [1.165, 1.54) is 0 Å². The number of hydrogen-bond donors (Lipinski definition) is 1. The van der Waals surface area contributed by atoms with Crippen LogP contribution in [0.5, 0.6) is 0 Å². The molecule has 5 heteroatoms. The second kappa shape index (κ2) is 9.32. The number of morpholine rings is 1. The topological polar surface area (TPSA) is 44.8 Å². The van der Waals surface area contributed by atoms with Gasteiger partial charge in [0.15, 0.2) is 0 Å². The Morgan fingerprint density at radius 3 is 2.60 bits per heavy atom. The number of nitrogens with one attached hydrogen (secondary N) is 1. The molecule has 2 heterocycles. The molecule has 0 radical (unpaired) electrons. The number of hydrogen-bond acceptors (Lipinski definition) is 4. The number of nitrogens with zero attached hydrogens (tertiary/aromatic N) is 2. The van der Waals surface area contributed by atoms with Crippen LogP contribution in [0.1, 0.15) is 28.8 Å². The molecule has 2 fully saturated rings. The highest BCUT2D eigenvalue weighted by Gasteiger charge is 2.26. The van der Waals surface area contributed by atoms with Crippen LogP contribution < -0.4 is 5.32 Å². The van der Waals surface area contributed by atoms with E-state index < -0.39 is 0 Å². The fraction of sp³-hybridized carbons (Fsp3) is 0.650. The number of benzene rings is 1. The Balaban J connectivity index is 1.53. The van der Waals surface area contributed by atoms with E-state index in [0.717, 1.165) is 82.9 Å². The summed E-state index contributed by atoms with van der Waals surface area (Å²) in [6.07, 6.45) is 3.12. The maximum Gasteiger partial charge on any atom is 0.254 e. The van der Waals surface area contributed by atoms with Gasteiger partial charge >= 0.3 is 0 Å². The molecular formula is C20H31N3O2. The molecule has 0 spiro atoms. The minimum absolute atomic E-state index is 0.205. The Kier molecular flexibility index (Phi) is 6.84. The van der Waals surface area contributed by atoms with E-state index in [1.54, 1.807) is 0 Å². The van der Waals surface area contributed by atoms with E-state index in [-0.39, 0.29) is 5.91 Å². The van der Waals surface area contributed by atoms with Crippen molar-refractivity contribution in [3.8, 4) is 0 Å². The van der Waals surface area contributed by atoms with Gasteiger partial charge in [-0.15, -0.1) is 0 Å². The highest BCUT2D eigenvalue weighted by atomic mass is 16.5. The summed E-state index contributed by atoms with van der Waals surface area (Å²) in [5, 5.41) is 3.17. The van der Waals surface area contributed by atoms with E-state index in [0.29, 0.717) is 5.92 Å². The normalized spacial score (nSPS) is 20.0. The van der Waals surface area contributed by atoms with Gasteiger partial charge in [0.2, 0.25) is 0 Å². The Labute approximate surface area is 151 Å². The molecule has 2 aliphatic rings. The van der Waals surface area contributed by atoms with E-state index in [2.05, 4.69) is 16.3 Å². The fourth-order valence-electron chi connectivity index (χ4n) is 3.84. The summed E-state index contributed by atoms with van der Waals surface area (Å²) < 4.78 is 5.43. The lowest BCUT2D eigenvalue weighted by Crippen LogP contribution is -2.44. The lowest BCUT2D eigenvalue weighted by Gasteiger charge is -2.36. The van der Waals surface area contributed by atoms with Crippen molar-refractivity contribution >= 4 is 5.91 Å². The standard InChI is InChI=1S/C20H31N3O2/c1-21-9-6-18-4-2-3-5-19(18)20(24)23-10-7-17(8-11-23)16-22-12-14-25-15-13-22/h2-5,17,21H,6-16H2,1H3. The van der Waals surface area contributed by atoms with Crippen molar-refractivity contribution in [1.29, 1.82) is 0 Å². The van der Waals surface area contributed by atoms with Crippen molar-refractivity contribution in [1.82, 2.24) is 15.1 Å². The third-order valence-corrected chi connectivity index (χ3v) is 5.41. The molecule has 3 rings (SSSR count). The van der Waals surface area contributed by atoms with Gasteiger partial charge in [0.1, 0.15) is 0 Å². The first-order valence-corrected chi connectivity index (χ1v) is 9.60. The second-order valence-electron chi connectivity index (χ2n) is 7.16. The summed E-state index contributed by atoms with van der Waals surface area (Å²) in [6, 6.07) is 8.06. The molecule has 0 bridgehead atoms. The molecule has 1 aromatic rings. The summed E-state index contributed by atoms with van der Waals surface area (Å²) in [6.45, 7) is 7.65. The van der Waals surface area contributed by atoms with Gasteiger partial charge in [-0.1, -0.05) is 18.2 Å². The molecule has 0 aromatic heterocycles. The molecule has 1 amide bonds. The molecule has 0 unspecified atom stereocenters.